The first-order valence-electron chi connectivity index (χ1n) is 9.98. The van der Waals surface area contributed by atoms with Crippen LogP contribution in [0.1, 0.15) is 35.0 Å². The average molecular weight is 395 g/mol. The minimum absolute atomic E-state index is 0.105. The lowest BCUT2D eigenvalue weighted by atomic mass is 10.0. The van der Waals surface area contributed by atoms with Gasteiger partial charge in [-0.05, 0) is 43.7 Å². The van der Waals surface area contributed by atoms with Crippen LogP contribution in [0.4, 0.5) is 0 Å². The lowest BCUT2D eigenvalue weighted by Crippen LogP contribution is -2.26. The maximum absolute atomic E-state index is 13.4. The molecule has 0 bridgehead atoms. The first kappa shape index (κ1) is 18.3. The zero-order valence-corrected chi connectivity index (χ0v) is 16.9. The number of oxime groups is 1. The molecule has 1 aliphatic rings. The SMILES string of the molecule is Cc1ccc(C2=NOC(c3nc4ccccc4c(=O)n3-c3ccc(C)cc3)C2)cc1. The van der Waals surface area contributed by atoms with Gasteiger partial charge in [-0.3, -0.25) is 9.36 Å². The molecule has 5 heteroatoms. The highest BCUT2D eigenvalue weighted by molar-refractivity contribution is 6.01. The van der Waals surface area contributed by atoms with E-state index in [4.69, 9.17) is 9.82 Å². The van der Waals surface area contributed by atoms with Gasteiger partial charge < -0.3 is 4.84 Å². The average Bonchev–Trinajstić information content (AvgIpc) is 3.25. The molecular formula is C25H21N3O2. The Labute approximate surface area is 174 Å². The van der Waals surface area contributed by atoms with Crippen molar-refractivity contribution in [3.05, 3.63) is 106 Å². The number of hydrogen-bond acceptors (Lipinski definition) is 4. The van der Waals surface area contributed by atoms with E-state index >= 15 is 0 Å². The first-order valence-corrected chi connectivity index (χ1v) is 9.98. The predicted molar refractivity (Wildman–Crippen MR) is 118 cm³/mol. The van der Waals surface area contributed by atoms with Crippen LogP contribution >= 0.6 is 0 Å². The third-order valence-corrected chi connectivity index (χ3v) is 5.44. The summed E-state index contributed by atoms with van der Waals surface area (Å²) in [7, 11) is 0. The number of benzene rings is 3. The number of fused-ring (bicyclic) bond motifs is 1. The van der Waals surface area contributed by atoms with Crippen molar-refractivity contribution in [1.82, 2.24) is 9.55 Å². The van der Waals surface area contributed by atoms with Crippen molar-refractivity contribution >= 4 is 16.6 Å². The van der Waals surface area contributed by atoms with Gasteiger partial charge in [-0.15, -0.1) is 0 Å². The fourth-order valence-electron chi connectivity index (χ4n) is 3.74. The van der Waals surface area contributed by atoms with Crippen molar-refractivity contribution in [3.8, 4) is 5.69 Å². The summed E-state index contributed by atoms with van der Waals surface area (Å²) >= 11 is 0. The van der Waals surface area contributed by atoms with E-state index < -0.39 is 6.10 Å². The molecule has 5 rings (SSSR count). The lowest BCUT2D eigenvalue weighted by molar-refractivity contribution is 0.0774. The fourth-order valence-corrected chi connectivity index (χ4v) is 3.74. The molecule has 1 atom stereocenters. The summed E-state index contributed by atoms with van der Waals surface area (Å²) in [6, 6.07) is 23.5. The second kappa shape index (κ2) is 7.26. The molecule has 1 aliphatic heterocycles. The molecule has 4 aromatic rings. The summed E-state index contributed by atoms with van der Waals surface area (Å²) in [5.74, 6) is 0.563. The van der Waals surface area contributed by atoms with Gasteiger partial charge in [0.15, 0.2) is 11.9 Å². The summed E-state index contributed by atoms with van der Waals surface area (Å²) in [4.78, 5) is 24.0. The quantitative estimate of drug-likeness (QED) is 0.497. The highest BCUT2D eigenvalue weighted by Gasteiger charge is 2.29. The third kappa shape index (κ3) is 3.18. The number of aromatic nitrogens is 2. The number of hydrogen-bond donors (Lipinski definition) is 0. The second-order valence-electron chi connectivity index (χ2n) is 7.67. The van der Waals surface area contributed by atoms with Crippen LogP contribution in [-0.4, -0.2) is 15.3 Å². The molecule has 0 aliphatic carbocycles. The van der Waals surface area contributed by atoms with Crippen LogP contribution in [0.25, 0.3) is 16.6 Å². The van der Waals surface area contributed by atoms with Gasteiger partial charge in [0.1, 0.15) is 0 Å². The Bertz CT molecular complexity index is 1320. The number of nitrogens with zero attached hydrogens (tertiary/aromatic N) is 3. The Balaban J connectivity index is 1.62. The van der Waals surface area contributed by atoms with Gasteiger partial charge in [0.05, 0.1) is 22.3 Å². The zero-order chi connectivity index (χ0) is 20.7. The minimum Gasteiger partial charge on any atom is -0.384 e. The summed E-state index contributed by atoms with van der Waals surface area (Å²) in [5, 5.41) is 4.90. The van der Waals surface area contributed by atoms with Crippen molar-refractivity contribution in [3.63, 3.8) is 0 Å². The van der Waals surface area contributed by atoms with Crippen molar-refractivity contribution in [2.75, 3.05) is 0 Å². The van der Waals surface area contributed by atoms with Crippen molar-refractivity contribution < 1.29 is 4.84 Å². The van der Waals surface area contributed by atoms with Crippen LogP contribution in [0.5, 0.6) is 0 Å². The van der Waals surface area contributed by atoms with E-state index in [9.17, 15) is 4.79 Å². The van der Waals surface area contributed by atoms with Crippen LogP contribution in [0, 0.1) is 13.8 Å². The Kier molecular flexibility index (Phi) is 4.43. The smallest absolute Gasteiger partial charge is 0.266 e. The molecule has 1 aromatic heterocycles. The van der Waals surface area contributed by atoms with Gasteiger partial charge in [0.2, 0.25) is 0 Å². The fraction of sp³-hybridized carbons (Fsp3) is 0.160. The minimum atomic E-state index is -0.431. The summed E-state index contributed by atoms with van der Waals surface area (Å²) < 4.78 is 1.65. The summed E-state index contributed by atoms with van der Waals surface area (Å²) in [5.41, 5.74) is 5.53. The molecule has 0 radical (unpaired) electrons. The molecular weight excluding hydrogens is 374 g/mol. The van der Waals surface area contributed by atoms with Gasteiger partial charge in [0.25, 0.3) is 5.56 Å². The van der Waals surface area contributed by atoms with Crippen LogP contribution in [0.3, 0.4) is 0 Å². The summed E-state index contributed by atoms with van der Waals surface area (Å²) in [6.07, 6.45) is 0.125. The highest BCUT2D eigenvalue weighted by Crippen LogP contribution is 2.30. The van der Waals surface area contributed by atoms with Crippen molar-refractivity contribution in [1.29, 1.82) is 0 Å². The number of para-hydroxylation sites is 1. The van der Waals surface area contributed by atoms with E-state index in [0.29, 0.717) is 23.1 Å². The van der Waals surface area contributed by atoms with Gasteiger partial charge in [-0.2, -0.15) is 0 Å². The van der Waals surface area contributed by atoms with Crippen molar-refractivity contribution in [2.45, 2.75) is 26.4 Å². The molecule has 0 saturated heterocycles. The molecule has 0 fully saturated rings. The van der Waals surface area contributed by atoms with Crippen LogP contribution in [0.2, 0.25) is 0 Å². The molecule has 2 heterocycles. The van der Waals surface area contributed by atoms with E-state index in [1.54, 1.807) is 4.57 Å². The molecule has 5 nitrogen and oxygen atoms in total. The van der Waals surface area contributed by atoms with Gasteiger partial charge in [-0.1, -0.05) is 64.8 Å². The third-order valence-electron chi connectivity index (χ3n) is 5.44. The Morgan fingerprint density at radius 2 is 1.57 bits per heavy atom. The topological polar surface area (TPSA) is 56.5 Å². The van der Waals surface area contributed by atoms with Gasteiger partial charge >= 0.3 is 0 Å². The number of aryl methyl sites for hydroxylation is 2. The second-order valence-corrected chi connectivity index (χ2v) is 7.67. The maximum atomic E-state index is 13.4. The van der Waals surface area contributed by atoms with Crippen LogP contribution in [0.15, 0.2) is 82.7 Å². The monoisotopic (exact) mass is 395 g/mol. The highest BCUT2D eigenvalue weighted by atomic mass is 16.6. The molecule has 0 N–H and O–H groups in total. The molecule has 3 aromatic carbocycles. The Morgan fingerprint density at radius 3 is 2.30 bits per heavy atom. The first-order chi connectivity index (χ1) is 14.6. The Morgan fingerprint density at radius 1 is 0.900 bits per heavy atom. The predicted octanol–water partition coefficient (Wildman–Crippen LogP) is 4.87. The maximum Gasteiger partial charge on any atom is 0.266 e. The normalized spacial score (nSPS) is 15.8. The molecule has 0 spiro atoms. The zero-order valence-electron chi connectivity index (χ0n) is 16.9. The molecule has 1 unspecified atom stereocenters. The standard InChI is InChI=1S/C25H21N3O2/c1-16-7-11-18(12-8-16)22-15-23(30-27-22)24-26-21-6-4-3-5-20(21)25(29)28(24)19-13-9-17(2)10-14-19/h3-14,23H,15H2,1-2H3. The lowest BCUT2D eigenvalue weighted by Gasteiger charge is -2.17. The van der Waals surface area contributed by atoms with E-state index in [-0.39, 0.29) is 5.56 Å². The molecule has 0 saturated carbocycles. The van der Waals surface area contributed by atoms with Crippen LogP contribution < -0.4 is 5.56 Å². The molecule has 148 valence electrons. The molecule has 30 heavy (non-hydrogen) atoms. The number of rotatable bonds is 3. The van der Waals surface area contributed by atoms with E-state index in [1.165, 1.54) is 5.56 Å². The Hall–Kier alpha value is -3.73. The molecule has 0 amide bonds. The van der Waals surface area contributed by atoms with E-state index in [2.05, 4.69) is 24.2 Å². The van der Waals surface area contributed by atoms with Crippen molar-refractivity contribution in [2.24, 2.45) is 5.16 Å². The van der Waals surface area contributed by atoms with E-state index in [1.807, 2.05) is 67.6 Å². The van der Waals surface area contributed by atoms with E-state index in [0.717, 1.165) is 22.5 Å². The van der Waals surface area contributed by atoms with Gasteiger partial charge in [-0.25, -0.2) is 4.98 Å². The summed E-state index contributed by atoms with van der Waals surface area (Å²) in [6.45, 7) is 4.08. The largest absolute Gasteiger partial charge is 0.384 e. The van der Waals surface area contributed by atoms with Gasteiger partial charge in [0, 0.05) is 6.42 Å². The van der Waals surface area contributed by atoms with Crippen LogP contribution in [-0.2, 0) is 4.84 Å².